The van der Waals surface area contributed by atoms with Crippen molar-refractivity contribution in [3.63, 3.8) is 0 Å². The predicted molar refractivity (Wildman–Crippen MR) is 88.4 cm³/mol. The van der Waals surface area contributed by atoms with Crippen molar-refractivity contribution in [3.05, 3.63) is 0 Å². The molecule has 0 aliphatic carbocycles. The van der Waals surface area contributed by atoms with Gasteiger partial charge in [0.05, 0.1) is 33.2 Å². The van der Waals surface area contributed by atoms with E-state index in [2.05, 4.69) is 47.3 Å². The van der Waals surface area contributed by atoms with Gasteiger partial charge in [-0.1, -0.05) is 27.7 Å². The standard InChI is InChI=1S/C17H32N4O2/c1-12(2)14-7-22-16-5-18(10-20(14)16)9-19-6-17-21(11-19)15(8-23-17)13(3)4/h12-17H,5-11H2,1-4H3/t14-,15-,16?,17?/m1/s1. The van der Waals surface area contributed by atoms with Crippen molar-refractivity contribution >= 4 is 0 Å². The molecule has 0 N–H and O–H groups in total. The Bertz CT molecular complexity index is 395. The normalized spacial score (nSPS) is 39.9. The van der Waals surface area contributed by atoms with E-state index >= 15 is 0 Å². The Morgan fingerprint density at radius 2 is 1.22 bits per heavy atom. The van der Waals surface area contributed by atoms with Crippen molar-refractivity contribution < 1.29 is 9.47 Å². The first-order chi connectivity index (χ1) is 11.0. The van der Waals surface area contributed by atoms with Gasteiger partial charge in [-0.05, 0) is 11.8 Å². The van der Waals surface area contributed by atoms with Crippen LogP contribution in [0.1, 0.15) is 27.7 Å². The predicted octanol–water partition coefficient (Wildman–Crippen LogP) is 0.856. The zero-order valence-electron chi connectivity index (χ0n) is 15.0. The first-order valence-electron chi connectivity index (χ1n) is 9.22. The zero-order valence-corrected chi connectivity index (χ0v) is 15.0. The summed E-state index contributed by atoms with van der Waals surface area (Å²) in [6.07, 6.45) is 0.619. The molecular weight excluding hydrogens is 292 g/mol. The number of hydrogen-bond donors (Lipinski definition) is 0. The van der Waals surface area contributed by atoms with Crippen LogP contribution >= 0.6 is 0 Å². The van der Waals surface area contributed by atoms with Crippen LogP contribution in [-0.4, -0.2) is 90.4 Å². The van der Waals surface area contributed by atoms with Gasteiger partial charge in [0.2, 0.25) is 0 Å². The number of hydrogen-bond acceptors (Lipinski definition) is 6. The van der Waals surface area contributed by atoms with E-state index in [1.807, 2.05) is 0 Å². The van der Waals surface area contributed by atoms with E-state index in [1.54, 1.807) is 0 Å². The number of ether oxygens (including phenoxy) is 2. The lowest BCUT2D eigenvalue weighted by Gasteiger charge is -2.28. The topological polar surface area (TPSA) is 31.4 Å². The van der Waals surface area contributed by atoms with Crippen LogP contribution in [0.3, 0.4) is 0 Å². The summed E-state index contributed by atoms with van der Waals surface area (Å²) >= 11 is 0. The van der Waals surface area contributed by atoms with Gasteiger partial charge in [0.1, 0.15) is 12.5 Å². The van der Waals surface area contributed by atoms with Crippen molar-refractivity contribution in [3.8, 4) is 0 Å². The Kier molecular flexibility index (Phi) is 4.41. The largest absolute Gasteiger partial charge is 0.360 e. The Labute approximate surface area is 140 Å². The third-order valence-electron chi connectivity index (χ3n) is 6.00. The van der Waals surface area contributed by atoms with Gasteiger partial charge in [-0.3, -0.25) is 19.6 Å². The molecule has 132 valence electrons. The molecule has 0 aromatic carbocycles. The molecule has 0 radical (unpaired) electrons. The molecule has 0 amide bonds. The minimum atomic E-state index is 0.310. The number of fused-ring (bicyclic) bond motifs is 2. The highest BCUT2D eigenvalue weighted by Gasteiger charge is 2.45. The number of rotatable bonds is 4. The fourth-order valence-corrected chi connectivity index (χ4v) is 4.59. The second-order valence-electron chi connectivity index (χ2n) is 8.36. The Balaban J connectivity index is 1.31. The smallest absolute Gasteiger partial charge is 0.124 e. The monoisotopic (exact) mass is 324 g/mol. The summed E-state index contributed by atoms with van der Waals surface area (Å²) in [5.74, 6) is 1.33. The first-order valence-corrected chi connectivity index (χ1v) is 9.22. The van der Waals surface area contributed by atoms with Crippen LogP contribution in [0.5, 0.6) is 0 Å². The molecule has 6 heteroatoms. The van der Waals surface area contributed by atoms with Gasteiger partial charge in [-0.15, -0.1) is 0 Å². The van der Waals surface area contributed by atoms with Crippen molar-refractivity contribution in [1.29, 1.82) is 0 Å². The van der Waals surface area contributed by atoms with E-state index in [1.165, 1.54) is 0 Å². The van der Waals surface area contributed by atoms with Crippen molar-refractivity contribution in [2.45, 2.75) is 52.2 Å². The molecule has 4 heterocycles. The maximum absolute atomic E-state index is 6.00. The molecule has 6 nitrogen and oxygen atoms in total. The second-order valence-corrected chi connectivity index (χ2v) is 8.36. The van der Waals surface area contributed by atoms with Crippen molar-refractivity contribution in [1.82, 2.24) is 19.6 Å². The van der Waals surface area contributed by atoms with Crippen LogP contribution in [0.25, 0.3) is 0 Å². The van der Waals surface area contributed by atoms with Crippen LogP contribution in [0.2, 0.25) is 0 Å². The summed E-state index contributed by atoms with van der Waals surface area (Å²) in [4.78, 5) is 10.2. The van der Waals surface area contributed by atoms with Crippen LogP contribution in [0.4, 0.5) is 0 Å². The second kappa shape index (κ2) is 6.24. The highest BCUT2D eigenvalue weighted by atomic mass is 16.5. The van der Waals surface area contributed by atoms with Gasteiger partial charge < -0.3 is 9.47 Å². The molecule has 4 rings (SSSR count). The summed E-state index contributed by atoms with van der Waals surface area (Å²) in [7, 11) is 0. The summed E-state index contributed by atoms with van der Waals surface area (Å²) < 4.78 is 12.0. The van der Waals surface area contributed by atoms with Gasteiger partial charge in [0.25, 0.3) is 0 Å². The van der Waals surface area contributed by atoms with Gasteiger partial charge in [0, 0.05) is 25.2 Å². The fourth-order valence-electron chi connectivity index (χ4n) is 4.59. The minimum absolute atomic E-state index is 0.310. The van der Waals surface area contributed by atoms with Gasteiger partial charge in [0.15, 0.2) is 0 Å². The van der Waals surface area contributed by atoms with E-state index < -0.39 is 0 Å². The summed E-state index contributed by atoms with van der Waals surface area (Å²) in [6, 6.07) is 1.17. The van der Waals surface area contributed by atoms with E-state index in [0.717, 1.165) is 46.3 Å². The maximum Gasteiger partial charge on any atom is 0.124 e. The average Bonchev–Trinajstić information content (AvgIpc) is 3.16. The molecular formula is C17H32N4O2. The molecule has 4 aliphatic heterocycles. The van der Waals surface area contributed by atoms with Gasteiger partial charge >= 0.3 is 0 Å². The third kappa shape index (κ3) is 2.94. The molecule has 0 aromatic rings. The molecule has 2 unspecified atom stereocenters. The SMILES string of the molecule is CC(C)[C@H]1COC2CN(CN3CC4OC[C@H](C(C)C)N4C3)CN21. The molecule has 4 atom stereocenters. The van der Waals surface area contributed by atoms with Crippen molar-refractivity contribution in [2.75, 3.05) is 46.3 Å². The van der Waals surface area contributed by atoms with Crippen LogP contribution in [0, 0.1) is 11.8 Å². The quantitative estimate of drug-likeness (QED) is 0.762. The number of nitrogens with zero attached hydrogens (tertiary/aromatic N) is 4. The summed E-state index contributed by atoms with van der Waals surface area (Å²) in [6.45, 7) is 16.2. The van der Waals surface area contributed by atoms with Crippen LogP contribution in [-0.2, 0) is 9.47 Å². The summed E-state index contributed by atoms with van der Waals surface area (Å²) in [5, 5.41) is 0. The van der Waals surface area contributed by atoms with Gasteiger partial charge in [-0.2, -0.15) is 0 Å². The summed E-state index contributed by atoms with van der Waals surface area (Å²) in [5.41, 5.74) is 0. The molecule has 4 aliphatic rings. The molecule has 4 fully saturated rings. The lowest BCUT2D eigenvalue weighted by atomic mass is 10.1. The molecule has 4 saturated heterocycles. The maximum atomic E-state index is 6.00. The Morgan fingerprint density at radius 1 is 0.783 bits per heavy atom. The van der Waals surface area contributed by atoms with E-state index in [-0.39, 0.29) is 0 Å². The molecule has 0 bridgehead atoms. The van der Waals surface area contributed by atoms with Crippen LogP contribution < -0.4 is 0 Å². The molecule has 0 saturated carbocycles. The Hall–Kier alpha value is -0.240. The average molecular weight is 324 g/mol. The molecule has 23 heavy (non-hydrogen) atoms. The first kappa shape index (κ1) is 16.2. The van der Waals surface area contributed by atoms with Crippen molar-refractivity contribution in [2.24, 2.45) is 11.8 Å². The fraction of sp³-hybridized carbons (Fsp3) is 1.00. The lowest BCUT2D eigenvalue weighted by molar-refractivity contribution is 0.0610. The molecule has 0 aromatic heterocycles. The van der Waals surface area contributed by atoms with E-state index in [0.29, 0.717) is 36.4 Å². The van der Waals surface area contributed by atoms with E-state index in [9.17, 15) is 0 Å². The minimum Gasteiger partial charge on any atom is -0.360 e. The highest BCUT2D eigenvalue weighted by molar-refractivity contribution is 4.92. The van der Waals surface area contributed by atoms with E-state index in [4.69, 9.17) is 9.47 Å². The Morgan fingerprint density at radius 3 is 1.61 bits per heavy atom. The highest BCUT2D eigenvalue weighted by Crippen LogP contribution is 2.31. The zero-order chi connectivity index (χ0) is 16.1. The lowest BCUT2D eigenvalue weighted by Crippen LogP contribution is -2.42. The molecule has 0 spiro atoms. The third-order valence-corrected chi connectivity index (χ3v) is 6.00. The van der Waals surface area contributed by atoms with Crippen LogP contribution in [0.15, 0.2) is 0 Å². The van der Waals surface area contributed by atoms with Gasteiger partial charge in [-0.25, -0.2) is 0 Å².